The Hall–Kier alpha value is -4.92. The normalized spacial score (nSPS) is 11.1. The van der Waals surface area contributed by atoms with Crippen LogP contribution in [0.3, 0.4) is 0 Å². The third kappa shape index (κ3) is 6.64. The van der Waals surface area contributed by atoms with Gasteiger partial charge >= 0.3 is 18.2 Å². The Labute approximate surface area is 216 Å². The molecule has 1 aromatic carbocycles. The van der Waals surface area contributed by atoms with E-state index in [2.05, 4.69) is 46.4 Å². The second-order valence-electron chi connectivity index (χ2n) is 7.64. The number of urea groups is 1. The number of carbonyl (C=O) groups is 2. The van der Waals surface area contributed by atoms with E-state index in [0.717, 1.165) is 12.1 Å². The van der Waals surface area contributed by atoms with E-state index in [1.165, 1.54) is 24.4 Å². The number of aromatic amines is 1. The van der Waals surface area contributed by atoms with E-state index in [1.54, 1.807) is 19.1 Å². The number of benzene rings is 1. The number of aryl methyl sites for hydroxylation is 1. The van der Waals surface area contributed by atoms with Crippen LogP contribution in [0.1, 0.15) is 21.7 Å². The number of rotatable bonds is 7. The molecule has 0 atom stereocenters. The number of anilines is 6. The van der Waals surface area contributed by atoms with Crippen molar-refractivity contribution in [2.45, 2.75) is 13.1 Å². The van der Waals surface area contributed by atoms with Crippen molar-refractivity contribution in [1.82, 2.24) is 25.1 Å². The third-order valence-electron chi connectivity index (χ3n) is 4.71. The molecule has 0 spiro atoms. The Morgan fingerprint density at radius 2 is 1.71 bits per heavy atom. The fraction of sp³-hybridized carbons (Fsp3) is 0.0909. The number of nitrogens with one attached hydrogen (secondary N) is 5. The van der Waals surface area contributed by atoms with Crippen LogP contribution in [0.15, 0.2) is 48.7 Å². The number of H-pyrrole nitrogens is 1. The van der Waals surface area contributed by atoms with Gasteiger partial charge in [-0.15, -0.1) is 0 Å². The Morgan fingerprint density at radius 1 is 0.947 bits per heavy atom. The van der Waals surface area contributed by atoms with Crippen LogP contribution < -0.4 is 21.3 Å². The Balaban J connectivity index is 1.38. The molecule has 2 amide bonds. The van der Waals surface area contributed by atoms with Gasteiger partial charge in [0.15, 0.2) is 5.82 Å². The molecule has 0 fully saturated rings. The summed E-state index contributed by atoms with van der Waals surface area (Å²) in [5.74, 6) is -0.240. The number of halogens is 4. The number of aromatic carboxylic acids is 1. The van der Waals surface area contributed by atoms with Crippen molar-refractivity contribution < 1.29 is 27.9 Å². The molecule has 0 bridgehead atoms. The number of aromatic nitrogens is 5. The zero-order valence-corrected chi connectivity index (χ0v) is 19.9. The highest BCUT2D eigenvalue weighted by molar-refractivity contribution is 6.31. The highest BCUT2D eigenvalue weighted by Crippen LogP contribution is 2.36. The van der Waals surface area contributed by atoms with Gasteiger partial charge in [-0.1, -0.05) is 11.6 Å². The summed E-state index contributed by atoms with van der Waals surface area (Å²) in [6.45, 7) is 1.73. The van der Waals surface area contributed by atoms with Crippen LogP contribution in [0.4, 0.5) is 52.7 Å². The van der Waals surface area contributed by atoms with Crippen molar-refractivity contribution in [1.29, 1.82) is 0 Å². The molecule has 0 aliphatic carbocycles. The fourth-order valence-electron chi connectivity index (χ4n) is 3.08. The largest absolute Gasteiger partial charge is 0.477 e. The zero-order chi connectivity index (χ0) is 27.4. The molecule has 6 N–H and O–H groups in total. The smallest absolute Gasteiger partial charge is 0.417 e. The lowest BCUT2D eigenvalue weighted by Gasteiger charge is -2.12. The maximum Gasteiger partial charge on any atom is 0.417 e. The monoisotopic (exact) mass is 547 g/mol. The van der Waals surface area contributed by atoms with E-state index < -0.39 is 28.8 Å². The number of alkyl halides is 3. The van der Waals surface area contributed by atoms with Gasteiger partial charge < -0.3 is 21.1 Å². The Bertz CT molecular complexity index is 1490. The quantitative estimate of drug-likeness (QED) is 0.177. The van der Waals surface area contributed by atoms with Crippen molar-refractivity contribution in [3.05, 3.63) is 70.6 Å². The number of pyridine rings is 1. The molecule has 0 radical (unpaired) electrons. The number of nitrogens with zero attached hydrogens (tertiary/aromatic N) is 4. The number of carbonyl (C=O) groups excluding carboxylic acids is 1. The van der Waals surface area contributed by atoms with Crippen LogP contribution in [0.25, 0.3) is 0 Å². The van der Waals surface area contributed by atoms with Crippen molar-refractivity contribution in [2.24, 2.45) is 0 Å². The van der Waals surface area contributed by atoms with Crippen molar-refractivity contribution in [3.8, 4) is 0 Å². The highest BCUT2D eigenvalue weighted by Gasteiger charge is 2.33. The third-order valence-corrected chi connectivity index (χ3v) is 5.04. The van der Waals surface area contributed by atoms with E-state index in [9.17, 15) is 22.8 Å². The molecule has 0 aliphatic heterocycles. The predicted octanol–water partition coefficient (Wildman–Crippen LogP) is 5.40. The van der Waals surface area contributed by atoms with Gasteiger partial charge in [-0.25, -0.2) is 19.6 Å². The summed E-state index contributed by atoms with van der Waals surface area (Å²) in [5.41, 5.74) is -0.209. The van der Waals surface area contributed by atoms with Crippen LogP contribution in [-0.2, 0) is 6.18 Å². The molecule has 12 nitrogen and oxygen atoms in total. The molecule has 196 valence electrons. The van der Waals surface area contributed by atoms with Crippen LogP contribution >= 0.6 is 11.6 Å². The van der Waals surface area contributed by atoms with E-state index in [0.29, 0.717) is 17.2 Å². The summed E-state index contributed by atoms with van der Waals surface area (Å²) in [4.78, 5) is 35.8. The van der Waals surface area contributed by atoms with Gasteiger partial charge in [-0.05, 0) is 37.3 Å². The number of hydrogen-bond acceptors (Lipinski definition) is 8. The molecular weight excluding hydrogens is 531 g/mol. The topological polar surface area (TPSA) is 170 Å². The summed E-state index contributed by atoms with van der Waals surface area (Å²) in [6, 6.07) is 8.15. The summed E-state index contributed by atoms with van der Waals surface area (Å²) in [6.07, 6.45) is -3.29. The second-order valence-corrected chi connectivity index (χ2v) is 8.05. The number of hydrogen-bond donors (Lipinski definition) is 6. The first kappa shape index (κ1) is 26.2. The molecule has 16 heteroatoms. The minimum absolute atomic E-state index is 0.0932. The van der Waals surface area contributed by atoms with Crippen LogP contribution in [-0.4, -0.2) is 42.3 Å². The minimum atomic E-state index is -4.67. The van der Waals surface area contributed by atoms with E-state index in [4.69, 9.17) is 16.7 Å². The standard InChI is InChI=1S/C22H17ClF3N9O3/c1-10-6-17(31-18-8-15(19(36)37)34-35-18)32-20(28-10)29-12-3-5-16(27-9-12)33-21(38)30-11-2-4-14(23)13(7-11)22(24,25)26/h2-9H,1H3,(H,36,37)(H2,27,30,33,38)(H3,28,29,31,32,34,35). The number of amides is 2. The van der Waals surface area contributed by atoms with Gasteiger partial charge in [-0.3, -0.25) is 10.4 Å². The average molecular weight is 548 g/mol. The molecule has 3 aromatic heterocycles. The van der Waals surface area contributed by atoms with Crippen molar-refractivity contribution in [3.63, 3.8) is 0 Å². The maximum atomic E-state index is 13.0. The average Bonchev–Trinajstić information content (AvgIpc) is 3.29. The molecule has 3 heterocycles. The summed E-state index contributed by atoms with van der Waals surface area (Å²) < 4.78 is 39.0. The number of carboxylic acid groups (broad SMARTS) is 1. The maximum absolute atomic E-state index is 13.0. The van der Waals surface area contributed by atoms with E-state index in [1.807, 2.05) is 0 Å². The predicted molar refractivity (Wildman–Crippen MR) is 132 cm³/mol. The van der Waals surface area contributed by atoms with Crippen LogP contribution in [0.2, 0.25) is 5.02 Å². The lowest BCUT2D eigenvalue weighted by molar-refractivity contribution is -0.137. The molecule has 0 aliphatic rings. The van der Waals surface area contributed by atoms with Crippen LogP contribution in [0.5, 0.6) is 0 Å². The lowest BCUT2D eigenvalue weighted by Crippen LogP contribution is -2.20. The first-order valence-electron chi connectivity index (χ1n) is 10.6. The fourth-order valence-corrected chi connectivity index (χ4v) is 3.31. The summed E-state index contributed by atoms with van der Waals surface area (Å²) in [5, 5.41) is 25.3. The number of carboxylic acids is 1. The Morgan fingerprint density at radius 3 is 2.37 bits per heavy atom. The van der Waals surface area contributed by atoms with Crippen LogP contribution in [0, 0.1) is 6.92 Å². The molecule has 0 unspecified atom stereocenters. The molecule has 4 rings (SSSR count). The van der Waals surface area contributed by atoms with Gasteiger partial charge in [0, 0.05) is 23.5 Å². The molecule has 4 aromatic rings. The van der Waals surface area contributed by atoms with Crippen molar-refractivity contribution >= 4 is 58.4 Å². The highest BCUT2D eigenvalue weighted by atomic mass is 35.5. The second kappa shape index (κ2) is 10.6. The Kier molecular flexibility index (Phi) is 7.29. The first-order chi connectivity index (χ1) is 18.0. The van der Waals surface area contributed by atoms with Crippen molar-refractivity contribution in [2.75, 3.05) is 21.3 Å². The molecule has 38 heavy (non-hydrogen) atoms. The van der Waals surface area contributed by atoms with Gasteiger partial charge in [0.05, 0.1) is 22.5 Å². The van der Waals surface area contributed by atoms with Gasteiger partial charge in [0.1, 0.15) is 17.3 Å². The van der Waals surface area contributed by atoms with E-state index >= 15 is 0 Å². The zero-order valence-electron chi connectivity index (χ0n) is 19.2. The molecule has 0 saturated carbocycles. The van der Waals surface area contributed by atoms with Gasteiger partial charge in [0.25, 0.3) is 0 Å². The summed E-state index contributed by atoms with van der Waals surface area (Å²) >= 11 is 5.58. The lowest BCUT2D eigenvalue weighted by atomic mass is 10.2. The molecular formula is C22H17ClF3N9O3. The first-order valence-corrected chi connectivity index (χ1v) is 10.9. The van der Waals surface area contributed by atoms with E-state index in [-0.39, 0.29) is 29.0 Å². The van der Waals surface area contributed by atoms with Gasteiger partial charge in [-0.2, -0.15) is 23.3 Å². The molecule has 0 saturated heterocycles. The summed E-state index contributed by atoms with van der Waals surface area (Å²) in [7, 11) is 0. The SMILES string of the molecule is Cc1cc(Nc2cc(C(=O)O)[nH]n2)nc(Nc2ccc(NC(=O)Nc3ccc(Cl)c(C(F)(F)F)c3)nc2)n1. The minimum Gasteiger partial charge on any atom is -0.477 e. The van der Waals surface area contributed by atoms with Gasteiger partial charge in [0.2, 0.25) is 5.95 Å².